The van der Waals surface area contributed by atoms with Crippen LogP contribution in [0.4, 0.5) is 0 Å². The van der Waals surface area contributed by atoms with Gasteiger partial charge >= 0.3 is 0 Å². The third-order valence-electron chi connectivity index (χ3n) is 3.02. The monoisotopic (exact) mass is 288 g/mol. The van der Waals surface area contributed by atoms with Gasteiger partial charge in [0.1, 0.15) is 10.7 Å². The van der Waals surface area contributed by atoms with E-state index >= 15 is 0 Å². The summed E-state index contributed by atoms with van der Waals surface area (Å²) in [4.78, 5) is 4.90. The molecule has 0 saturated heterocycles. The number of fused-ring (bicyclic) bond motifs is 1. The van der Waals surface area contributed by atoms with Crippen molar-refractivity contribution in [1.82, 2.24) is 4.98 Å². The van der Waals surface area contributed by atoms with Crippen LogP contribution in [0.2, 0.25) is 0 Å². The Hall–Kier alpha value is -1.85. The summed E-state index contributed by atoms with van der Waals surface area (Å²) in [5, 5.41) is 3.03. The number of thiocarbonyl (C=S) groups is 1. The van der Waals surface area contributed by atoms with Gasteiger partial charge in [-0.25, -0.2) is 0 Å². The standard InChI is InChI=1S/C14H12N2OS2/c1-17-8-4-5-10-9(7-8)12(14(15)18)13(16-10)11-3-2-6-19-11/h2-7,16H,1H3,(H2,15,18). The van der Waals surface area contributed by atoms with Crippen LogP contribution in [0.25, 0.3) is 21.5 Å². The van der Waals surface area contributed by atoms with Crippen LogP contribution in [0, 0.1) is 0 Å². The fourth-order valence-corrected chi connectivity index (χ4v) is 3.10. The first-order valence-corrected chi connectivity index (χ1v) is 7.03. The van der Waals surface area contributed by atoms with Gasteiger partial charge in [-0.05, 0) is 29.6 Å². The fraction of sp³-hybridized carbons (Fsp3) is 0.0714. The third-order valence-corrected chi connectivity index (χ3v) is 4.11. The van der Waals surface area contributed by atoms with Crippen molar-refractivity contribution < 1.29 is 4.74 Å². The summed E-state index contributed by atoms with van der Waals surface area (Å²) in [6.07, 6.45) is 0. The van der Waals surface area contributed by atoms with Gasteiger partial charge in [0.2, 0.25) is 0 Å². The Bertz CT molecular complexity index is 744. The van der Waals surface area contributed by atoms with E-state index in [1.807, 2.05) is 35.7 Å². The molecule has 0 bridgehead atoms. The summed E-state index contributed by atoms with van der Waals surface area (Å²) < 4.78 is 5.26. The van der Waals surface area contributed by atoms with Crippen LogP contribution in [0.1, 0.15) is 5.56 Å². The van der Waals surface area contributed by atoms with E-state index in [0.29, 0.717) is 4.99 Å². The Balaban J connectivity index is 2.34. The Labute approximate surface area is 120 Å². The van der Waals surface area contributed by atoms with E-state index in [0.717, 1.165) is 32.8 Å². The molecule has 0 aliphatic carbocycles. The van der Waals surface area contributed by atoms with E-state index in [9.17, 15) is 0 Å². The van der Waals surface area contributed by atoms with Crippen LogP contribution in [-0.4, -0.2) is 17.1 Å². The van der Waals surface area contributed by atoms with Crippen molar-refractivity contribution in [2.45, 2.75) is 0 Å². The van der Waals surface area contributed by atoms with Crippen LogP contribution in [0.5, 0.6) is 5.75 Å². The lowest BCUT2D eigenvalue weighted by atomic mass is 10.1. The maximum absolute atomic E-state index is 5.90. The second-order valence-corrected chi connectivity index (χ2v) is 5.52. The molecule has 2 aromatic heterocycles. The lowest BCUT2D eigenvalue weighted by Crippen LogP contribution is -2.09. The molecule has 0 aliphatic rings. The highest BCUT2D eigenvalue weighted by molar-refractivity contribution is 7.80. The summed E-state index contributed by atoms with van der Waals surface area (Å²) in [7, 11) is 1.65. The number of ether oxygens (including phenoxy) is 1. The zero-order valence-electron chi connectivity index (χ0n) is 10.3. The summed E-state index contributed by atoms with van der Waals surface area (Å²) >= 11 is 6.86. The van der Waals surface area contributed by atoms with Gasteiger partial charge in [-0.3, -0.25) is 0 Å². The number of hydrogen-bond donors (Lipinski definition) is 2. The highest BCUT2D eigenvalue weighted by Crippen LogP contribution is 2.34. The van der Waals surface area contributed by atoms with Gasteiger partial charge in [-0.2, -0.15) is 0 Å². The molecule has 0 amide bonds. The molecule has 3 nitrogen and oxygen atoms in total. The molecule has 0 atom stereocenters. The molecule has 1 aromatic carbocycles. The van der Waals surface area contributed by atoms with Crippen LogP contribution in [-0.2, 0) is 0 Å². The lowest BCUT2D eigenvalue weighted by molar-refractivity contribution is 0.415. The maximum Gasteiger partial charge on any atom is 0.119 e. The summed E-state index contributed by atoms with van der Waals surface area (Å²) in [6.45, 7) is 0. The fourth-order valence-electron chi connectivity index (χ4n) is 2.16. The van der Waals surface area contributed by atoms with Gasteiger partial charge in [0.05, 0.1) is 17.7 Å². The molecule has 3 rings (SSSR count). The zero-order chi connectivity index (χ0) is 13.4. The zero-order valence-corrected chi connectivity index (χ0v) is 11.9. The van der Waals surface area contributed by atoms with Gasteiger partial charge in [0.25, 0.3) is 0 Å². The number of H-pyrrole nitrogens is 1. The number of nitrogens with two attached hydrogens (primary N) is 1. The van der Waals surface area contributed by atoms with Gasteiger partial charge in [-0.15, -0.1) is 11.3 Å². The SMILES string of the molecule is COc1ccc2[nH]c(-c3cccs3)c(C(N)=S)c2c1. The number of nitrogens with one attached hydrogen (secondary N) is 1. The largest absolute Gasteiger partial charge is 0.497 e. The molecular weight excluding hydrogens is 276 g/mol. The summed E-state index contributed by atoms with van der Waals surface area (Å²) in [5.74, 6) is 0.793. The van der Waals surface area contributed by atoms with Crippen molar-refractivity contribution in [2.24, 2.45) is 5.73 Å². The molecule has 0 spiro atoms. The maximum atomic E-state index is 5.90. The van der Waals surface area contributed by atoms with E-state index in [1.165, 1.54) is 0 Å². The molecule has 0 unspecified atom stereocenters. The molecular formula is C14H12N2OS2. The molecule has 0 aliphatic heterocycles. The Morgan fingerprint density at radius 1 is 1.37 bits per heavy atom. The number of thiophene rings is 1. The first-order chi connectivity index (χ1) is 9.20. The first-order valence-electron chi connectivity index (χ1n) is 5.74. The average Bonchev–Trinajstić information content (AvgIpc) is 3.04. The minimum absolute atomic E-state index is 0.392. The number of rotatable bonds is 3. The van der Waals surface area contributed by atoms with E-state index < -0.39 is 0 Å². The minimum atomic E-state index is 0.392. The Morgan fingerprint density at radius 3 is 2.84 bits per heavy atom. The topological polar surface area (TPSA) is 51.0 Å². The van der Waals surface area contributed by atoms with Gasteiger partial charge < -0.3 is 15.5 Å². The quantitative estimate of drug-likeness (QED) is 0.725. The number of aromatic nitrogens is 1. The number of aromatic amines is 1. The van der Waals surface area contributed by atoms with Crippen molar-refractivity contribution >= 4 is 39.4 Å². The molecule has 96 valence electrons. The van der Waals surface area contributed by atoms with Crippen molar-refractivity contribution in [3.63, 3.8) is 0 Å². The van der Waals surface area contributed by atoms with E-state index in [2.05, 4.69) is 4.98 Å². The van der Waals surface area contributed by atoms with E-state index in [-0.39, 0.29) is 0 Å². The van der Waals surface area contributed by atoms with Crippen molar-refractivity contribution in [1.29, 1.82) is 0 Å². The molecule has 0 radical (unpaired) electrons. The second kappa shape index (κ2) is 4.68. The summed E-state index contributed by atoms with van der Waals surface area (Å²) in [6, 6.07) is 9.91. The van der Waals surface area contributed by atoms with Crippen LogP contribution in [0.15, 0.2) is 35.7 Å². The van der Waals surface area contributed by atoms with Crippen LogP contribution in [0.3, 0.4) is 0 Å². The number of methoxy groups -OCH3 is 1. The molecule has 3 N–H and O–H groups in total. The molecule has 0 saturated carbocycles. The third kappa shape index (κ3) is 2.01. The normalized spacial score (nSPS) is 10.8. The average molecular weight is 288 g/mol. The molecule has 3 aromatic rings. The molecule has 0 fully saturated rings. The molecule has 2 heterocycles. The van der Waals surface area contributed by atoms with Gasteiger partial charge in [0.15, 0.2) is 0 Å². The van der Waals surface area contributed by atoms with E-state index in [1.54, 1.807) is 18.4 Å². The first kappa shape index (κ1) is 12.2. The Kier molecular flexibility index (Phi) is 3.00. The van der Waals surface area contributed by atoms with Crippen molar-refractivity contribution in [3.05, 3.63) is 41.3 Å². The van der Waals surface area contributed by atoms with Crippen LogP contribution < -0.4 is 10.5 Å². The van der Waals surface area contributed by atoms with Crippen LogP contribution >= 0.6 is 23.6 Å². The highest BCUT2D eigenvalue weighted by Gasteiger charge is 2.16. The molecule has 5 heteroatoms. The van der Waals surface area contributed by atoms with Gasteiger partial charge in [0, 0.05) is 16.5 Å². The number of benzene rings is 1. The minimum Gasteiger partial charge on any atom is -0.497 e. The number of hydrogen-bond acceptors (Lipinski definition) is 3. The second-order valence-electron chi connectivity index (χ2n) is 4.13. The highest BCUT2D eigenvalue weighted by atomic mass is 32.1. The van der Waals surface area contributed by atoms with E-state index in [4.69, 9.17) is 22.7 Å². The summed E-state index contributed by atoms with van der Waals surface area (Å²) in [5.41, 5.74) is 8.76. The molecule has 19 heavy (non-hydrogen) atoms. The Morgan fingerprint density at radius 2 is 2.21 bits per heavy atom. The van der Waals surface area contributed by atoms with Gasteiger partial charge in [-0.1, -0.05) is 18.3 Å². The smallest absolute Gasteiger partial charge is 0.119 e. The van der Waals surface area contributed by atoms with Crippen molar-refractivity contribution in [3.8, 4) is 16.3 Å². The lowest BCUT2D eigenvalue weighted by Gasteiger charge is -2.02. The predicted molar refractivity (Wildman–Crippen MR) is 84.1 cm³/mol. The van der Waals surface area contributed by atoms with Crippen molar-refractivity contribution in [2.75, 3.05) is 7.11 Å². The predicted octanol–water partition coefficient (Wildman–Crippen LogP) is 3.54.